The SMILES string of the molecule is COc1ccc(OC)c([C@H]2CCCN2c2ccc(S(N)(=O)=O)cn2)c1. The molecular formula is C17H21N3O4S. The summed E-state index contributed by atoms with van der Waals surface area (Å²) in [5.41, 5.74) is 1.02. The predicted octanol–water partition coefficient (Wildman–Crippen LogP) is 2.09. The molecular weight excluding hydrogens is 342 g/mol. The smallest absolute Gasteiger partial charge is 0.239 e. The molecule has 0 radical (unpaired) electrons. The minimum absolute atomic E-state index is 0.00552. The maximum Gasteiger partial charge on any atom is 0.239 e. The highest BCUT2D eigenvalue weighted by Gasteiger charge is 2.30. The molecule has 1 aromatic carbocycles. The quantitative estimate of drug-likeness (QED) is 0.874. The zero-order valence-corrected chi connectivity index (χ0v) is 15.0. The molecule has 2 aromatic rings. The van der Waals surface area contributed by atoms with Crippen molar-refractivity contribution in [3.8, 4) is 11.5 Å². The molecule has 0 amide bonds. The first-order valence-corrected chi connectivity index (χ1v) is 9.46. The van der Waals surface area contributed by atoms with Crippen LogP contribution in [0.3, 0.4) is 0 Å². The first kappa shape index (κ1) is 17.5. The Morgan fingerprint density at radius 3 is 2.60 bits per heavy atom. The molecule has 0 spiro atoms. The van der Waals surface area contributed by atoms with E-state index in [-0.39, 0.29) is 10.9 Å². The maximum absolute atomic E-state index is 11.4. The Morgan fingerprint density at radius 2 is 2.00 bits per heavy atom. The fourth-order valence-electron chi connectivity index (χ4n) is 3.17. The van der Waals surface area contributed by atoms with E-state index in [1.807, 2.05) is 18.2 Å². The Morgan fingerprint density at radius 1 is 1.20 bits per heavy atom. The number of methoxy groups -OCH3 is 2. The predicted molar refractivity (Wildman–Crippen MR) is 94.5 cm³/mol. The van der Waals surface area contributed by atoms with Gasteiger partial charge in [0.2, 0.25) is 10.0 Å². The van der Waals surface area contributed by atoms with Crippen molar-refractivity contribution in [1.82, 2.24) is 4.98 Å². The van der Waals surface area contributed by atoms with Crippen LogP contribution in [-0.2, 0) is 10.0 Å². The molecule has 8 heteroatoms. The fourth-order valence-corrected chi connectivity index (χ4v) is 3.63. The van der Waals surface area contributed by atoms with E-state index in [0.717, 1.165) is 36.4 Å². The number of hydrogen-bond acceptors (Lipinski definition) is 6. The van der Waals surface area contributed by atoms with E-state index >= 15 is 0 Å². The molecule has 0 unspecified atom stereocenters. The van der Waals surface area contributed by atoms with E-state index in [4.69, 9.17) is 14.6 Å². The standard InChI is InChI=1S/C17H21N3O4S/c1-23-12-5-7-16(24-2)14(10-12)15-4-3-9-20(15)17-8-6-13(11-19-17)25(18,21)22/h5-8,10-11,15H,3-4,9H2,1-2H3,(H2,18,21,22)/t15-/m1/s1. The number of anilines is 1. The Labute approximate surface area is 147 Å². The van der Waals surface area contributed by atoms with Gasteiger partial charge in [-0.05, 0) is 43.2 Å². The summed E-state index contributed by atoms with van der Waals surface area (Å²) in [7, 11) is -0.473. The number of primary sulfonamides is 1. The lowest BCUT2D eigenvalue weighted by molar-refractivity contribution is 0.395. The molecule has 1 aliphatic rings. The van der Waals surface area contributed by atoms with Gasteiger partial charge in [-0.2, -0.15) is 0 Å². The van der Waals surface area contributed by atoms with Gasteiger partial charge in [-0.1, -0.05) is 0 Å². The first-order chi connectivity index (χ1) is 11.9. The van der Waals surface area contributed by atoms with Crippen LogP contribution >= 0.6 is 0 Å². The van der Waals surface area contributed by atoms with E-state index in [9.17, 15) is 8.42 Å². The van der Waals surface area contributed by atoms with Crippen molar-refractivity contribution in [2.24, 2.45) is 5.14 Å². The molecule has 1 aromatic heterocycles. The average Bonchev–Trinajstić information content (AvgIpc) is 3.10. The lowest BCUT2D eigenvalue weighted by Crippen LogP contribution is -2.24. The van der Waals surface area contributed by atoms with Crippen LogP contribution in [0.5, 0.6) is 11.5 Å². The number of ether oxygens (including phenoxy) is 2. The average molecular weight is 363 g/mol. The van der Waals surface area contributed by atoms with Crippen LogP contribution in [0.25, 0.3) is 0 Å². The van der Waals surface area contributed by atoms with Gasteiger partial charge >= 0.3 is 0 Å². The fraction of sp³-hybridized carbons (Fsp3) is 0.353. The van der Waals surface area contributed by atoms with E-state index in [1.54, 1.807) is 20.3 Å². The second kappa shape index (κ2) is 6.89. The molecule has 2 N–H and O–H groups in total. The molecule has 1 atom stereocenters. The van der Waals surface area contributed by atoms with Crippen LogP contribution in [0.15, 0.2) is 41.4 Å². The van der Waals surface area contributed by atoms with Crippen molar-refractivity contribution in [3.63, 3.8) is 0 Å². The molecule has 1 aliphatic heterocycles. The number of nitrogens with two attached hydrogens (primary N) is 1. The van der Waals surface area contributed by atoms with Gasteiger partial charge in [-0.3, -0.25) is 0 Å². The van der Waals surface area contributed by atoms with E-state index in [1.165, 1.54) is 12.3 Å². The van der Waals surface area contributed by atoms with Gasteiger partial charge in [0.25, 0.3) is 0 Å². The second-order valence-electron chi connectivity index (χ2n) is 5.86. The van der Waals surface area contributed by atoms with Gasteiger partial charge < -0.3 is 14.4 Å². The zero-order valence-electron chi connectivity index (χ0n) is 14.2. The molecule has 1 saturated heterocycles. The number of aromatic nitrogens is 1. The molecule has 7 nitrogen and oxygen atoms in total. The molecule has 134 valence electrons. The van der Waals surface area contributed by atoms with Gasteiger partial charge in [-0.25, -0.2) is 18.5 Å². The van der Waals surface area contributed by atoms with Crippen molar-refractivity contribution in [3.05, 3.63) is 42.1 Å². The molecule has 1 fully saturated rings. The van der Waals surface area contributed by atoms with Gasteiger partial charge in [0.15, 0.2) is 0 Å². The summed E-state index contributed by atoms with van der Waals surface area (Å²) in [6.07, 6.45) is 3.24. The number of rotatable bonds is 5. The molecule has 3 rings (SSSR count). The second-order valence-corrected chi connectivity index (χ2v) is 7.42. The lowest BCUT2D eigenvalue weighted by Gasteiger charge is -2.27. The number of sulfonamides is 1. The van der Waals surface area contributed by atoms with Gasteiger partial charge in [0.05, 0.1) is 20.3 Å². The number of hydrogen-bond donors (Lipinski definition) is 1. The summed E-state index contributed by atoms with van der Waals surface area (Å²) >= 11 is 0. The van der Waals surface area contributed by atoms with Crippen LogP contribution < -0.4 is 19.5 Å². The monoisotopic (exact) mass is 363 g/mol. The Bertz CT molecular complexity index is 853. The third-order valence-corrected chi connectivity index (χ3v) is 5.29. The number of pyridine rings is 1. The number of benzene rings is 1. The van der Waals surface area contributed by atoms with Gasteiger partial charge in [0.1, 0.15) is 22.2 Å². The minimum Gasteiger partial charge on any atom is -0.497 e. The van der Waals surface area contributed by atoms with Crippen molar-refractivity contribution >= 4 is 15.8 Å². The van der Waals surface area contributed by atoms with E-state index in [0.29, 0.717) is 5.82 Å². The van der Waals surface area contributed by atoms with Crippen LogP contribution in [0, 0.1) is 0 Å². The first-order valence-electron chi connectivity index (χ1n) is 7.91. The van der Waals surface area contributed by atoms with Crippen molar-refractivity contribution in [2.75, 3.05) is 25.7 Å². The van der Waals surface area contributed by atoms with Crippen LogP contribution in [0.4, 0.5) is 5.82 Å². The topological polar surface area (TPSA) is 94.7 Å². The molecule has 0 bridgehead atoms. The Kier molecular flexibility index (Phi) is 4.82. The Balaban J connectivity index is 1.96. The van der Waals surface area contributed by atoms with Crippen molar-refractivity contribution in [2.45, 2.75) is 23.8 Å². The van der Waals surface area contributed by atoms with E-state index < -0.39 is 10.0 Å². The molecule has 25 heavy (non-hydrogen) atoms. The van der Waals surface area contributed by atoms with Crippen LogP contribution in [-0.4, -0.2) is 34.2 Å². The van der Waals surface area contributed by atoms with Gasteiger partial charge in [0, 0.05) is 18.3 Å². The zero-order chi connectivity index (χ0) is 18.0. The lowest BCUT2D eigenvalue weighted by atomic mass is 10.0. The summed E-state index contributed by atoms with van der Waals surface area (Å²) in [5, 5.41) is 5.14. The summed E-state index contributed by atoms with van der Waals surface area (Å²) in [5.74, 6) is 2.26. The summed E-state index contributed by atoms with van der Waals surface area (Å²) in [6, 6.07) is 8.97. The number of nitrogens with zero attached hydrogens (tertiary/aromatic N) is 2. The highest BCUT2D eigenvalue weighted by atomic mass is 32.2. The van der Waals surface area contributed by atoms with Gasteiger partial charge in [-0.15, -0.1) is 0 Å². The van der Waals surface area contributed by atoms with E-state index in [2.05, 4.69) is 9.88 Å². The Hall–Kier alpha value is -2.32. The molecule has 2 heterocycles. The third kappa shape index (κ3) is 3.54. The highest BCUT2D eigenvalue weighted by molar-refractivity contribution is 7.89. The summed E-state index contributed by atoms with van der Waals surface area (Å²) in [4.78, 5) is 6.44. The molecule has 0 saturated carbocycles. The van der Waals surface area contributed by atoms with Crippen LogP contribution in [0.1, 0.15) is 24.4 Å². The largest absolute Gasteiger partial charge is 0.497 e. The van der Waals surface area contributed by atoms with Crippen molar-refractivity contribution in [1.29, 1.82) is 0 Å². The normalized spacial score (nSPS) is 17.6. The minimum atomic E-state index is -3.75. The molecule has 0 aliphatic carbocycles. The van der Waals surface area contributed by atoms with Crippen LogP contribution in [0.2, 0.25) is 0 Å². The third-order valence-electron chi connectivity index (χ3n) is 4.39. The van der Waals surface area contributed by atoms with Crippen molar-refractivity contribution < 1.29 is 17.9 Å². The maximum atomic E-state index is 11.4. The highest BCUT2D eigenvalue weighted by Crippen LogP contribution is 2.40. The summed E-state index contributed by atoms with van der Waals surface area (Å²) in [6.45, 7) is 0.826. The summed E-state index contributed by atoms with van der Waals surface area (Å²) < 4.78 is 33.6.